The number of hydrogen-bond donors (Lipinski definition) is 0. The van der Waals surface area contributed by atoms with E-state index >= 15 is 0 Å². The Balaban J connectivity index is 0.00000216. The predicted molar refractivity (Wildman–Crippen MR) is 127 cm³/mol. The van der Waals surface area contributed by atoms with E-state index in [1.54, 1.807) is 12.1 Å². The van der Waals surface area contributed by atoms with Crippen LogP contribution in [0.15, 0.2) is 78.0 Å². The Labute approximate surface area is 227 Å². The molecule has 1 N–H and O–H groups in total. The molecule has 2 unspecified atom stereocenters. The van der Waals surface area contributed by atoms with Crippen molar-refractivity contribution in [2.45, 2.75) is 18.9 Å². The molecule has 1 fully saturated rings. The van der Waals surface area contributed by atoms with E-state index in [1.165, 1.54) is 7.11 Å². The minimum atomic E-state index is 0. The summed E-state index contributed by atoms with van der Waals surface area (Å²) in [6.07, 6.45) is 2.97. The summed E-state index contributed by atoms with van der Waals surface area (Å²) in [5.74, 6) is 1.86. The van der Waals surface area contributed by atoms with Crippen molar-refractivity contribution in [3.8, 4) is 11.5 Å². The van der Waals surface area contributed by atoms with E-state index in [4.69, 9.17) is 20.9 Å². The Morgan fingerprint density at radius 3 is 2.20 bits per heavy atom. The Hall–Kier alpha value is -3.15. The normalized spacial score (nSPS) is 16.1. The number of ether oxygens (including phenoxy) is 2. The van der Waals surface area contributed by atoms with Gasteiger partial charge in [-0.15, -0.1) is 5.92 Å². The van der Waals surface area contributed by atoms with E-state index in [2.05, 4.69) is 16.3 Å². The van der Waals surface area contributed by atoms with Crippen molar-refractivity contribution >= 4 is 17.7 Å². The van der Waals surface area contributed by atoms with Crippen LogP contribution in [0.2, 0.25) is 0 Å². The van der Waals surface area contributed by atoms with Crippen molar-refractivity contribution in [3.63, 3.8) is 0 Å². The Kier molecular flexibility index (Phi) is 11.0. The molecule has 1 aliphatic carbocycles. The Morgan fingerprint density at radius 2 is 1.63 bits per heavy atom. The van der Waals surface area contributed by atoms with Crippen LogP contribution in [0.3, 0.4) is 0 Å². The van der Waals surface area contributed by atoms with Gasteiger partial charge in [-0.1, -0.05) is 60.1 Å². The van der Waals surface area contributed by atoms with E-state index < -0.39 is 0 Å². The first kappa shape index (κ1) is 28.1. The largest absolute Gasteiger partial charge is 1.00 e. The average molecular weight is 479 g/mol. The molecule has 3 aromatic carbocycles. The van der Waals surface area contributed by atoms with E-state index in [0.717, 1.165) is 28.9 Å². The van der Waals surface area contributed by atoms with E-state index in [1.807, 2.05) is 60.7 Å². The quantitative estimate of drug-likeness (QED) is 0.193. The summed E-state index contributed by atoms with van der Waals surface area (Å²) in [6.45, 7) is 7.73. The van der Waals surface area contributed by atoms with Gasteiger partial charge in [0, 0.05) is 5.56 Å². The standard InChI is InChI=1S/C27H23N2O4.Na.H2O/c1-28-23-9-5-21(6-10-23)27(29-31-2)18-33-24-11-3-19(4-12-24)17-32-25-13-7-20(8-14-25)26-15-22(26)16-30;;/h3-14,22,26H,15,17-18H2,2H3;;1H2/q-1;+1;/p-1/b29-27+;;. The first-order chi connectivity index (χ1) is 16.2. The molecular formula is C27H24N2NaO5-. The Bertz CT molecular complexity index is 1160. The predicted octanol–water partition coefficient (Wildman–Crippen LogP) is 2.29. The molecule has 0 heterocycles. The topological polar surface area (TPSA) is 91.5 Å². The van der Waals surface area contributed by atoms with E-state index in [9.17, 15) is 4.79 Å². The summed E-state index contributed by atoms with van der Waals surface area (Å²) in [4.78, 5) is 19.1. The molecule has 1 aliphatic rings. The van der Waals surface area contributed by atoms with Crippen LogP contribution in [0.25, 0.3) is 4.85 Å². The number of nitrogens with zero attached hydrogens (tertiary/aromatic N) is 2. The van der Waals surface area contributed by atoms with Gasteiger partial charge < -0.3 is 24.6 Å². The fourth-order valence-electron chi connectivity index (χ4n) is 3.51. The molecule has 3 aromatic rings. The summed E-state index contributed by atoms with van der Waals surface area (Å²) < 4.78 is 11.7. The summed E-state index contributed by atoms with van der Waals surface area (Å²) in [5, 5.41) is 4.05. The van der Waals surface area contributed by atoms with Gasteiger partial charge in [0.1, 0.15) is 37.5 Å². The zero-order chi connectivity index (χ0) is 23.0. The molecule has 1 saturated carbocycles. The van der Waals surface area contributed by atoms with Gasteiger partial charge in [0.05, 0.1) is 6.57 Å². The molecule has 0 aliphatic heterocycles. The van der Waals surface area contributed by atoms with Gasteiger partial charge in [-0.2, -0.15) is 0 Å². The van der Waals surface area contributed by atoms with Crippen LogP contribution in [0.4, 0.5) is 5.69 Å². The van der Waals surface area contributed by atoms with Gasteiger partial charge in [-0.05, 0) is 41.3 Å². The maximum Gasteiger partial charge on any atom is 1.00 e. The fourth-order valence-corrected chi connectivity index (χ4v) is 3.51. The molecule has 0 spiro atoms. The van der Waals surface area contributed by atoms with Crippen molar-refractivity contribution in [3.05, 3.63) is 101 Å². The zero-order valence-electron chi connectivity index (χ0n) is 19.7. The molecule has 174 valence electrons. The second kappa shape index (κ2) is 13.7. The minimum Gasteiger partial charge on any atom is -0.870 e. The number of hydrogen-bond acceptors (Lipinski definition) is 6. The van der Waals surface area contributed by atoms with Gasteiger partial charge in [0.15, 0.2) is 5.69 Å². The molecular weight excluding hydrogens is 455 g/mol. The Morgan fingerprint density at radius 1 is 1.00 bits per heavy atom. The van der Waals surface area contributed by atoms with Crippen molar-refractivity contribution < 1.29 is 54.1 Å². The molecule has 0 aromatic heterocycles. The van der Waals surface area contributed by atoms with Gasteiger partial charge in [0.2, 0.25) is 0 Å². The minimum absolute atomic E-state index is 0. The molecule has 7 nitrogen and oxygen atoms in total. The number of carbonyl (C=O) groups excluding carboxylic acids is 1. The molecule has 8 heteroatoms. The van der Waals surface area contributed by atoms with Crippen molar-refractivity contribution in [2.24, 2.45) is 11.1 Å². The third-order valence-electron chi connectivity index (χ3n) is 5.49. The average Bonchev–Trinajstić information content (AvgIpc) is 3.66. The van der Waals surface area contributed by atoms with Crippen LogP contribution in [0.5, 0.6) is 11.5 Å². The molecule has 0 radical (unpaired) electrons. The second-order valence-electron chi connectivity index (χ2n) is 7.74. The summed E-state index contributed by atoms with van der Waals surface area (Å²) >= 11 is 0. The van der Waals surface area contributed by atoms with Crippen LogP contribution in [-0.4, -0.2) is 31.2 Å². The molecule has 4 rings (SSSR count). The molecule has 2 atom stereocenters. The number of rotatable bonds is 10. The smallest absolute Gasteiger partial charge is 0.870 e. The van der Waals surface area contributed by atoms with Crippen LogP contribution in [0.1, 0.15) is 29.0 Å². The molecule has 0 bridgehead atoms. The maximum absolute atomic E-state index is 10.7. The van der Waals surface area contributed by atoms with Gasteiger partial charge in [0.25, 0.3) is 0 Å². The van der Waals surface area contributed by atoms with Crippen molar-refractivity contribution in [2.75, 3.05) is 13.7 Å². The van der Waals surface area contributed by atoms with Crippen LogP contribution in [-0.2, 0) is 16.2 Å². The molecule has 0 amide bonds. The van der Waals surface area contributed by atoms with Crippen molar-refractivity contribution in [1.29, 1.82) is 0 Å². The monoisotopic (exact) mass is 479 g/mol. The van der Waals surface area contributed by atoms with Gasteiger partial charge >= 0.3 is 29.6 Å². The third kappa shape index (κ3) is 7.67. The van der Waals surface area contributed by atoms with Gasteiger partial charge in [-0.25, -0.2) is 4.85 Å². The first-order valence-electron chi connectivity index (χ1n) is 10.6. The maximum atomic E-state index is 10.7. The fraction of sp³-hybridized carbons (Fsp3) is 0.222. The third-order valence-corrected chi connectivity index (χ3v) is 5.49. The van der Waals surface area contributed by atoms with Crippen molar-refractivity contribution in [1.82, 2.24) is 0 Å². The number of oxime groups is 1. The SMILES string of the molecule is [C-]#[N+]c1ccc(/C(COc2ccc(COc3ccc(C4CC4[C-]=O)cc3)cc2)=N/OC)cc1.[Na+].[OH-]. The summed E-state index contributed by atoms with van der Waals surface area (Å²) in [5.41, 5.74) is 4.22. The van der Waals surface area contributed by atoms with Crippen LogP contribution >= 0.6 is 0 Å². The van der Waals surface area contributed by atoms with E-state index in [0.29, 0.717) is 29.7 Å². The summed E-state index contributed by atoms with van der Waals surface area (Å²) in [6, 6.07) is 22.7. The van der Waals surface area contributed by atoms with E-state index in [-0.39, 0.29) is 47.6 Å². The zero-order valence-corrected chi connectivity index (χ0v) is 21.7. The molecule has 35 heavy (non-hydrogen) atoms. The van der Waals surface area contributed by atoms with Crippen LogP contribution in [0, 0.1) is 12.5 Å². The first-order valence-corrected chi connectivity index (χ1v) is 10.6. The van der Waals surface area contributed by atoms with Gasteiger partial charge in [-0.3, -0.25) is 6.29 Å². The summed E-state index contributed by atoms with van der Waals surface area (Å²) in [7, 11) is 1.49. The number of benzene rings is 3. The second-order valence-corrected chi connectivity index (χ2v) is 7.74. The molecule has 0 saturated heterocycles. The van der Waals surface area contributed by atoms with Crippen LogP contribution < -0.4 is 39.0 Å².